The van der Waals surface area contributed by atoms with Gasteiger partial charge in [0.2, 0.25) is 47.3 Å². The van der Waals surface area contributed by atoms with Crippen LogP contribution < -0.4 is 21.3 Å². The van der Waals surface area contributed by atoms with Crippen molar-refractivity contribution in [3.05, 3.63) is 240 Å². The number of hydrogen-bond donors (Lipinski definition) is 4. The molecule has 4 saturated carbocycles. The summed E-state index contributed by atoms with van der Waals surface area (Å²) in [6.45, 7) is 2.68. The van der Waals surface area contributed by atoms with E-state index in [1.165, 1.54) is 0 Å². The number of nitrogens with zero attached hydrogens (tertiary/aromatic N) is 4. The van der Waals surface area contributed by atoms with E-state index in [0.717, 1.165) is 125 Å². The molecule has 8 atom stereocenters. The maximum absolute atomic E-state index is 13.2. The number of benzene rings is 4. The Hall–Kier alpha value is -4.76. The third-order valence-corrected chi connectivity index (χ3v) is 18.5. The minimum atomic E-state index is -0.645. The van der Waals surface area contributed by atoms with Gasteiger partial charge in [0, 0.05) is 181 Å². The predicted octanol–water partition coefficient (Wildman–Crippen LogP) is 8.35. The largest absolute Gasteiger partial charge is 0.420 e. The second kappa shape index (κ2) is 47.9. The van der Waals surface area contributed by atoms with Crippen molar-refractivity contribution < 1.29 is 169 Å². The van der Waals surface area contributed by atoms with Gasteiger partial charge < -0.3 is 138 Å². The van der Waals surface area contributed by atoms with Crippen LogP contribution in [-0.2, 0) is 169 Å². The van der Waals surface area contributed by atoms with Crippen LogP contribution in [0.1, 0.15) is 149 Å². The monoisotopic (exact) mass is 1680 g/mol. The molecule has 4 aliphatic carbocycles. The maximum atomic E-state index is 13.2. The van der Waals surface area contributed by atoms with Crippen LogP contribution in [0, 0.1) is 71.9 Å². The molecule has 0 aromatic heterocycles. The van der Waals surface area contributed by atoms with E-state index in [-0.39, 0.29) is 226 Å². The molecule has 8 amide bonds. The average molecular weight is 1680 g/mol. The van der Waals surface area contributed by atoms with Gasteiger partial charge in [-0.05, 0) is 149 Å². The van der Waals surface area contributed by atoms with E-state index in [1.807, 2.05) is 121 Å². The number of likely N-dealkylation sites (tertiary alicyclic amines) is 4. The minimum Gasteiger partial charge on any atom is -0.420 e. The molecule has 12 rings (SSSR count). The molecule has 4 aromatic rings. The predicted molar refractivity (Wildman–Crippen MR) is 385 cm³/mol. The Morgan fingerprint density at radius 3 is 0.644 bits per heavy atom. The zero-order valence-corrected chi connectivity index (χ0v) is 70.3. The number of carbonyl (C=O) groups is 8. The van der Waals surface area contributed by atoms with Crippen molar-refractivity contribution in [1.29, 1.82) is 0 Å². The topological polar surface area (TPSA) is 198 Å². The van der Waals surface area contributed by atoms with Gasteiger partial charge in [-0.15, -0.1) is 0 Å². The average Bonchev–Trinajstić information content (AvgIpc) is 1.62. The molecule has 4 N–H and O–H groups in total. The molecular weight excluding hydrogens is 1600 g/mol. The van der Waals surface area contributed by atoms with E-state index in [1.54, 1.807) is 68.2 Å². The molecule has 0 spiro atoms. The molecule has 4 aliphatic heterocycles. The quantitative estimate of drug-likeness (QED) is 0.0305. The SMILES string of the molecule is [B][C-]=CC=[C-][C@@H]1CCCN1C(=O)[C@@H](NC(=O)C1CC1)c1ccccc1.[B][C-]=CC=[C-][C@@H]1CCCN1C(=O)[C@H](NC(=O)C1CC1)c1ccccc1.[B][C-]=CC=[C-][C@H]1CCCN1C(=O)[C@@H](NC(=O)C1CC1)c1ccccc1.[B][C-]=CC=[C-][C@H]1CCCN1C(=O)[C@H](NC(=O)C1CC1)c1ccccc1.[Y].[Y].[Y].[Y]. The van der Waals surface area contributed by atoms with Gasteiger partial charge >= 0.3 is 0 Å². The van der Waals surface area contributed by atoms with Gasteiger partial charge in [-0.1, -0.05) is 153 Å². The van der Waals surface area contributed by atoms with E-state index in [0.29, 0.717) is 26.2 Å². The van der Waals surface area contributed by atoms with Crippen LogP contribution in [0.25, 0.3) is 0 Å². The summed E-state index contributed by atoms with van der Waals surface area (Å²) in [6, 6.07) is 34.8. The summed E-state index contributed by atoms with van der Waals surface area (Å²) in [7, 11) is 20.9. The molecule has 16 nitrogen and oxygen atoms in total. The third kappa shape index (κ3) is 28.0. The van der Waals surface area contributed by atoms with Gasteiger partial charge in [-0.3, -0.25) is 38.4 Å². The van der Waals surface area contributed by atoms with Gasteiger partial charge in [0.05, 0.1) is 0 Å². The van der Waals surface area contributed by atoms with Crippen molar-refractivity contribution in [3.63, 3.8) is 0 Å². The van der Waals surface area contributed by atoms with Gasteiger partial charge in [0.15, 0.2) is 0 Å². The van der Waals surface area contributed by atoms with Crippen LogP contribution in [0.4, 0.5) is 0 Å². The van der Waals surface area contributed by atoms with Gasteiger partial charge in [0.25, 0.3) is 0 Å². The van der Waals surface area contributed by atoms with Gasteiger partial charge in [0.1, 0.15) is 24.2 Å². The van der Waals surface area contributed by atoms with Crippen LogP contribution >= 0.6 is 0 Å². The number of nitrogens with one attached hydrogen (secondary N) is 4. The van der Waals surface area contributed by atoms with Crippen molar-refractivity contribution in [2.24, 2.45) is 23.7 Å². The van der Waals surface area contributed by atoms with Crippen molar-refractivity contribution in [1.82, 2.24) is 40.9 Å². The molecule has 524 valence electrons. The number of amides is 8. The van der Waals surface area contributed by atoms with Crippen LogP contribution in [0.15, 0.2) is 170 Å². The van der Waals surface area contributed by atoms with E-state index >= 15 is 0 Å². The Morgan fingerprint density at radius 1 is 0.298 bits per heavy atom. The molecular formula is C80H84B4N8O8Y4-8. The molecule has 12 radical (unpaired) electrons. The number of allylic oxidation sites excluding steroid dienone is 8. The van der Waals surface area contributed by atoms with Crippen LogP contribution in [-0.4, -0.2) is 149 Å². The first-order valence-electron chi connectivity index (χ1n) is 34.9. The van der Waals surface area contributed by atoms with Crippen molar-refractivity contribution in [3.8, 4) is 0 Å². The summed E-state index contributed by atoms with van der Waals surface area (Å²) in [5, 5.41) is 11.8. The van der Waals surface area contributed by atoms with Crippen LogP contribution in [0.3, 0.4) is 0 Å². The Morgan fingerprint density at radius 2 is 0.481 bits per heavy atom. The standard InChI is InChI=1S/4C20H21BN2O2.4Y/c4*21-13-5-4-9-17-10-6-14-23(17)20(25)18(15-7-2-1-3-8-15)22-19(24)16-11-12-16;;;;/h4*1-5,7-8,16-18H,6,10-12,14H2,(H,22,24);;;;/q4*-2;;;;/t2*17-,18+;2*17-,18-;;;;/m1010..../s1. The number of carbonyl (C=O) groups excluding carboxylic acids is 8. The van der Waals surface area contributed by atoms with E-state index < -0.39 is 24.2 Å². The summed E-state index contributed by atoms with van der Waals surface area (Å²) in [6.07, 6.45) is 40.2. The molecule has 104 heavy (non-hydrogen) atoms. The zero-order chi connectivity index (χ0) is 70.6. The molecule has 24 heteroatoms. The second-order valence-corrected chi connectivity index (χ2v) is 25.9. The molecule has 8 fully saturated rings. The molecule has 4 aromatic carbocycles. The fourth-order valence-corrected chi connectivity index (χ4v) is 12.5. The van der Waals surface area contributed by atoms with Crippen molar-refractivity contribution in [2.75, 3.05) is 26.2 Å². The Labute approximate surface area is 721 Å². The van der Waals surface area contributed by atoms with Crippen LogP contribution in [0.2, 0.25) is 0 Å². The molecule has 0 bridgehead atoms. The first-order chi connectivity index (χ1) is 48.8. The normalized spacial score (nSPS) is 20.9. The summed E-state index contributed by atoms with van der Waals surface area (Å²) >= 11 is 0. The van der Waals surface area contributed by atoms with E-state index in [2.05, 4.69) is 69.5 Å². The Bertz CT molecular complexity index is 3160. The number of rotatable bonds is 24. The minimum absolute atomic E-state index is 0. The first-order valence-corrected chi connectivity index (χ1v) is 34.9. The molecule has 4 saturated heterocycles. The fraction of sp³-hybridized carbons (Fsp3) is 0.400. The molecule has 8 aliphatic rings. The fourth-order valence-electron chi connectivity index (χ4n) is 12.5. The Kier molecular flexibility index (Phi) is 41.4. The van der Waals surface area contributed by atoms with Crippen molar-refractivity contribution >= 4 is 78.6 Å². The zero-order valence-electron chi connectivity index (χ0n) is 58.9. The van der Waals surface area contributed by atoms with Crippen molar-refractivity contribution in [2.45, 2.75) is 151 Å². The molecule has 4 heterocycles. The van der Waals surface area contributed by atoms with Gasteiger partial charge in [-0.2, -0.15) is 0 Å². The maximum Gasteiger partial charge on any atom is 0.248 e. The summed E-state index contributed by atoms with van der Waals surface area (Å²) in [5.74, 6) is 9.51. The summed E-state index contributed by atoms with van der Waals surface area (Å²) in [4.78, 5) is 109. The summed E-state index contributed by atoms with van der Waals surface area (Å²) in [5.41, 5.74) is 3.25. The number of hydrogen-bond acceptors (Lipinski definition) is 8. The Balaban J connectivity index is 0.000000246. The second-order valence-electron chi connectivity index (χ2n) is 25.9. The molecule has 0 unspecified atom stereocenters. The smallest absolute Gasteiger partial charge is 0.248 e. The first kappa shape index (κ1) is 89.9. The van der Waals surface area contributed by atoms with Crippen LogP contribution in [0.5, 0.6) is 0 Å². The van der Waals surface area contributed by atoms with E-state index in [4.69, 9.17) is 31.4 Å². The van der Waals surface area contributed by atoms with E-state index in [9.17, 15) is 38.4 Å². The van der Waals surface area contributed by atoms with Gasteiger partial charge in [-0.25, -0.2) is 0 Å². The summed E-state index contributed by atoms with van der Waals surface area (Å²) < 4.78 is 0. The third-order valence-electron chi connectivity index (χ3n) is 18.5.